The summed E-state index contributed by atoms with van der Waals surface area (Å²) in [7, 11) is -1.31. The molecule has 2 atom stereocenters. The maximum atomic E-state index is 12.6. The number of hydrogen-bond acceptors (Lipinski definition) is 7. The summed E-state index contributed by atoms with van der Waals surface area (Å²) >= 11 is 1.26. The third-order valence-corrected chi connectivity index (χ3v) is 6.61. The molecular formula is C12H21N5O3S2. The van der Waals surface area contributed by atoms with Crippen molar-refractivity contribution in [1.29, 1.82) is 0 Å². The normalized spacial score (nSPS) is 21.7. The van der Waals surface area contributed by atoms with Gasteiger partial charge < -0.3 is 4.90 Å². The van der Waals surface area contributed by atoms with Crippen molar-refractivity contribution in [3.05, 3.63) is 0 Å². The summed E-state index contributed by atoms with van der Waals surface area (Å²) in [6.07, 6.45) is 1.31. The maximum Gasteiger partial charge on any atom is 0.233 e. The Balaban J connectivity index is 2.05. The molecule has 1 amide bonds. The number of thioether (sulfide) groups is 1. The van der Waals surface area contributed by atoms with Crippen LogP contribution in [0.1, 0.15) is 26.7 Å². The predicted octanol–water partition coefficient (Wildman–Crippen LogP) is 0.116. The van der Waals surface area contributed by atoms with Gasteiger partial charge in [-0.05, 0) is 30.2 Å². The van der Waals surface area contributed by atoms with Crippen LogP contribution in [-0.4, -0.2) is 68.8 Å². The number of rotatable bonds is 6. The van der Waals surface area contributed by atoms with E-state index in [1.54, 1.807) is 11.9 Å². The summed E-state index contributed by atoms with van der Waals surface area (Å²) in [5.41, 5.74) is 0. The van der Waals surface area contributed by atoms with Gasteiger partial charge in [0, 0.05) is 19.1 Å². The highest BCUT2D eigenvalue weighted by atomic mass is 32.2. The number of carbonyl (C=O) groups excluding carboxylic acids is 1. The smallest absolute Gasteiger partial charge is 0.233 e. The minimum absolute atomic E-state index is 0.0176. The van der Waals surface area contributed by atoms with Crippen LogP contribution < -0.4 is 0 Å². The molecule has 1 aliphatic heterocycles. The molecule has 0 aliphatic carbocycles. The van der Waals surface area contributed by atoms with Crippen molar-refractivity contribution >= 4 is 27.5 Å². The highest BCUT2D eigenvalue weighted by molar-refractivity contribution is 7.99. The van der Waals surface area contributed by atoms with Gasteiger partial charge in [-0.3, -0.25) is 4.79 Å². The SMILES string of the molecule is CC[C@@H](C)N(C(=O)CSc1nnnn1C)[C@@H]1CCS(=O)(=O)C1. The van der Waals surface area contributed by atoms with Gasteiger partial charge in [0.05, 0.1) is 17.3 Å². The number of carbonyl (C=O) groups is 1. The van der Waals surface area contributed by atoms with Crippen molar-refractivity contribution in [2.75, 3.05) is 17.3 Å². The van der Waals surface area contributed by atoms with Gasteiger partial charge in [0.2, 0.25) is 11.1 Å². The van der Waals surface area contributed by atoms with Crippen LogP contribution in [0.4, 0.5) is 0 Å². The summed E-state index contributed by atoms with van der Waals surface area (Å²) in [5.74, 6) is 0.372. The molecule has 2 rings (SSSR count). The summed E-state index contributed by atoms with van der Waals surface area (Å²) in [6, 6.07) is -0.199. The number of nitrogens with zero attached hydrogens (tertiary/aromatic N) is 5. The van der Waals surface area contributed by atoms with Gasteiger partial charge in [-0.25, -0.2) is 13.1 Å². The van der Waals surface area contributed by atoms with E-state index in [2.05, 4.69) is 15.5 Å². The van der Waals surface area contributed by atoms with Gasteiger partial charge in [0.15, 0.2) is 9.84 Å². The Kier molecular flexibility index (Phi) is 5.43. The van der Waals surface area contributed by atoms with Crippen LogP contribution >= 0.6 is 11.8 Å². The quantitative estimate of drug-likeness (QED) is 0.674. The summed E-state index contributed by atoms with van der Waals surface area (Å²) in [5, 5.41) is 11.6. The van der Waals surface area contributed by atoms with E-state index in [4.69, 9.17) is 0 Å². The van der Waals surface area contributed by atoms with Crippen molar-refractivity contribution < 1.29 is 13.2 Å². The Labute approximate surface area is 134 Å². The third kappa shape index (κ3) is 3.97. The van der Waals surface area contributed by atoms with E-state index >= 15 is 0 Å². The topological polar surface area (TPSA) is 98.1 Å². The van der Waals surface area contributed by atoms with Crippen LogP contribution in [0, 0.1) is 0 Å². The molecule has 0 N–H and O–H groups in total. The van der Waals surface area contributed by atoms with Gasteiger partial charge in [-0.1, -0.05) is 18.7 Å². The number of tetrazole rings is 1. The van der Waals surface area contributed by atoms with E-state index in [0.29, 0.717) is 11.6 Å². The Morgan fingerprint density at radius 3 is 2.77 bits per heavy atom. The van der Waals surface area contributed by atoms with E-state index in [9.17, 15) is 13.2 Å². The Morgan fingerprint density at radius 2 is 2.27 bits per heavy atom. The van der Waals surface area contributed by atoms with Crippen LogP contribution in [0.2, 0.25) is 0 Å². The first kappa shape index (κ1) is 17.2. The number of amides is 1. The second-order valence-electron chi connectivity index (χ2n) is 5.49. The van der Waals surface area contributed by atoms with Gasteiger partial charge in [-0.2, -0.15) is 0 Å². The highest BCUT2D eigenvalue weighted by Gasteiger charge is 2.36. The summed E-state index contributed by atoms with van der Waals surface area (Å²) in [6.45, 7) is 3.95. The van der Waals surface area contributed by atoms with Gasteiger partial charge in [-0.15, -0.1) is 5.10 Å². The summed E-state index contributed by atoms with van der Waals surface area (Å²) in [4.78, 5) is 14.3. The molecule has 1 fully saturated rings. The third-order valence-electron chi connectivity index (χ3n) is 3.86. The Morgan fingerprint density at radius 1 is 1.55 bits per heavy atom. The Hall–Kier alpha value is -1.16. The lowest BCUT2D eigenvalue weighted by Gasteiger charge is -2.33. The van der Waals surface area contributed by atoms with E-state index in [0.717, 1.165) is 6.42 Å². The molecule has 0 bridgehead atoms. The van der Waals surface area contributed by atoms with Crippen LogP contribution in [0.15, 0.2) is 5.16 Å². The van der Waals surface area contributed by atoms with Crippen molar-refractivity contribution in [2.24, 2.45) is 7.05 Å². The molecule has 0 aromatic carbocycles. The zero-order valence-corrected chi connectivity index (χ0v) is 14.6. The van der Waals surface area contributed by atoms with Gasteiger partial charge >= 0.3 is 0 Å². The molecule has 124 valence electrons. The zero-order chi connectivity index (χ0) is 16.3. The molecule has 1 aromatic heterocycles. The molecule has 8 nitrogen and oxygen atoms in total. The van der Waals surface area contributed by atoms with E-state index in [1.807, 2.05) is 13.8 Å². The fourth-order valence-electron chi connectivity index (χ4n) is 2.55. The van der Waals surface area contributed by atoms with Crippen LogP contribution in [0.5, 0.6) is 0 Å². The van der Waals surface area contributed by atoms with E-state index in [-0.39, 0.29) is 35.2 Å². The monoisotopic (exact) mass is 347 g/mol. The molecule has 0 spiro atoms. The second kappa shape index (κ2) is 6.95. The summed E-state index contributed by atoms with van der Waals surface area (Å²) < 4.78 is 24.9. The number of hydrogen-bond donors (Lipinski definition) is 0. The average Bonchev–Trinajstić information content (AvgIpc) is 3.02. The zero-order valence-electron chi connectivity index (χ0n) is 13.0. The van der Waals surface area contributed by atoms with Crippen molar-refractivity contribution in [2.45, 2.75) is 43.9 Å². The molecule has 10 heteroatoms. The first-order chi connectivity index (χ1) is 10.3. The van der Waals surface area contributed by atoms with Crippen molar-refractivity contribution in [1.82, 2.24) is 25.1 Å². The first-order valence-corrected chi connectivity index (χ1v) is 10.0. The molecule has 0 radical (unpaired) electrons. The second-order valence-corrected chi connectivity index (χ2v) is 8.66. The lowest BCUT2D eigenvalue weighted by molar-refractivity contribution is -0.132. The molecule has 0 unspecified atom stereocenters. The van der Waals surface area contributed by atoms with Gasteiger partial charge in [0.1, 0.15) is 0 Å². The minimum Gasteiger partial charge on any atom is -0.335 e. The van der Waals surface area contributed by atoms with Crippen molar-refractivity contribution in [3.63, 3.8) is 0 Å². The van der Waals surface area contributed by atoms with Crippen LogP contribution in [0.3, 0.4) is 0 Å². The van der Waals surface area contributed by atoms with E-state index in [1.165, 1.54) is 16.4 Å². The molecule has 1 saturated heterocycles. The average molecular weight is 347 g/mol. The van der Waals surface area contributed by atoms with Gasteiger partial charge in [0.25, 0.3) is 0 Å². The predicted molar refractivity (Wildman–Crippen MR) is 83.2 cm³/mol. The maximum absolute atomic E-state index is 12.6. The standard InChI is InChI=1S/C12H21N5O3S2/c1-4-9(2)17(10-5-6-22(19,20)8-10)11(18)7-21-12-13-14-15-16(12)3/h9-10H,4-8H2,1-3H3/t9-,10-/m1/s1. The van der Waals surface area contributed by atoms with Crippen LogP contribution in [0.25, 0.3) is 0 Å². The lowest BCUT2D eigenvalue weighted by atomic mass is 10.1. The number of sulfone groups is 1. The largest absolute Gasteiger partial charge is 0.335 e. The number of aryl methyl sites for hydroxylation is 1. The molecule has 2 heterocycles. The van der Waals surface area contributed by atoms with Crippen LogP contribution in [-0.2, 0) is 21.7 Å². The molecule has 1 aliphatic rings. The first-order valence-electron chi connectivity index (χ1n) is 7.20. The highest BCUT2D eigenvalue weighted by Crippen LogP contribution is 2.23. The fourth-order valence-corrected chi connectivity index (χ4v) is 4.98. The van der Waals surface area contributed by atoms with E-state index < -0.39 is 9.84 Å². The molecular weight excluding hydrogens is 326 g/mol. The fraction of sp³-hybridized carbons (Fsp3) is 0.833. The van der Waals surface area contributed by atoms with Crippen molar-refractivity contribution in [3.8, 4) is 0 Å². The lowest BCUT2D eigenvalue weighted by Crippen LogP contribution is -2.47. The molecule has 0 saturated carbocycles. The molecule has 22 heavy (non-hydrogen) atoms. The molecule has 1 aromatic rings. The Bertz CT molecular complexity index is 630. The minimum atomic E-state index is -3.02. The number of aromatic nitrogens is 4.